The smallest absolute Gasteiger partial charge is 0.275 e. The minimum absolute atomic E-state index is 0.273. The zero-order chi connectivity index (χ0) is 16.6. The fourth-order valence-electron chi connectivity index (χ4n) is 2.36. The number of rotatable bonds is 3. The molecule has 0 unspecified atom stereocenters. The highest BCUT2D eigenvalue weighted by Crippen LogP contribution is 2.30. The van der Waals surface area contributed by atoms with Gasteiger partial charge in [0.1, 0.15) is 5.69 Å². The SMILES string of the molecule is Cc1cc(C)c(NC(=O)c2nc(-c3ccco3)sc2C)c(Cl)c1. The summed E-state index contributed by atoms with van der Waals surface area (Å²) in [6.45, 7) is 5.74. The lowest BCUT2D eigenvalue weighted by molar-refractivity contribution is 0.102. The highest BCUT2D eigenvalue weighted by atomic mass is 35.5. The third-order valence-corrected chi connectivity index (χ3v) is 4.70. The maximum Gasteiger partial charge on any atom is 0.275 e. The van der Waals surface area contributed by atoms with Crippen molar-refractivity contribution in [2.45, 2.75) is 20.8 Å². The van der Waals surface area contributed by atoms with E-state index in [9.17, 15) is 4.79 Å². The molecular formula is C17H15ClN2O2S. The van der Waals surface area contributed by atoms with E-state index in [1.165, 1.54) is 11.3 Å². The Labute approximate surface area is 143 Å². The van der Waals surface area contributed by atoms with Gasteiger partial charge in [0, 0.05) is 4.88 Å². The van der Waals surface area contributed by atoms with E-state index in [1.807, 2.05) is 39.0 Å². The van der Waals surface area contributed by atoms with Crippen LogP contribution in [0.15, 0.2) is 34.9 Å². The van der Waals surface area contributed by atoms with Gasteiger partial charge < -0.3 is 9.73 Å². The van der Waals surface area contributed by atoms with Crippen LogP contribution in [0.5, 0.6) is 0 Å². The van der Waals surface area contributed by atoms with E-state index in [2.05, 4.69) is 10.3 Å². The first-order valence-electron chi connectivity index (χ1n) is 7.05. The molecule has 118 valence electrons. The van der Waals surface area contributed by atoms with E-state index in [0.29, 0.717) is 27.2 Å². The monoisotopic (exact) mass is 346 g/mol. The molecule has 0 aliphatic carbocycles. The van der Waals surface area contributed by atoms with Crippen LogP contribution in [-0.4, -0.2) is 10.9 Å². The molecule has 1 aromatic carbocycles. The molecule has 0 radical (unpaired) electrons. The summed E-state index contributed by atoms with van der Waals surface area (Å²) >= 11 is 7.67. The van der Waals surface area contributed by atoms with Crippen molar-refractivity contribution in [3.8, 4) is 10.8 Å². The van der Waals surface area contributed by atoms with Gasteiger partial charge in [0.15, 0.2) is 10.8 Å². The molecule has 6 heteroatoms. The number of nitrogens with one attached hydrogen (secondary N) is 1. The topological polar surface area (TPSA) is 55.1 Å². The van der Waals surface area contributed by atoms with Gasteiger partial charge >= 0.3 is 0 Å². The van der Waals surface area contributed by atoms with Crippen molar-refractivity contribution in [3.63, 3.8) is 0 Å². The third kappa shape index (κ3) is 3.16. The number of hydrogen-bond acceptors (Lipinski definition) is 4. The predicted molar refractivity (Wildman–Crippen MR) is 93.4 cm³/mol. The summed E-state index contributed by atoms with van der Waals surface area (Å²) in [4.78, 5) is 17.8. The summed E-state index contributed by atoms with van der Waals surface area (Å²) in [7, 11) is 0. The number of anilines is 1. The highest BCUT2D eigenvalue weighted by Gasteiger charge is 2.19. The van der Waals surface area contributed by atoms with Gasteiger partial charge in [-0.3, -0.25) is 4.79 Å². The molecule has 1 N–H and O–H groups in total. The van der Waals surface area contributed by atoms with Gasteiger partial charge in [-0.25, -0.2) is 4.98 Å². The molecule has 4 nitrogen and oxygen atoms in total. The molecule has 3 aromatic rings. The Kier molecular flexibility index (Phi) is 4.24. The van der Waals surface area contributed by atoms with Crippen LogP contribution >= 0.6 is 22.9 Å². The molecule has 0 spiro atoms. The zero-order valence-electron chi connectivity index (χ0n) is 12.9. The third-order valence-electron chi connectivity index (χ3n) is 3.41. The standard InChI is InChI=1S/C17H15ClN2O2S/c1-9-7-10(2)14(12(18)8-9)19-16(21)15-11(3)23-17(20-15)13-5-4-6-22-13/h4-8H,1-3H3,(H,19,21). The lowest BCUT2D eigenvalue weighted by Gasteiger charge is -2.11. The second-order valence-electron chi connectivity index (χ2n) is 5.29. The average molecular weight is 347 g/mol. The number of amides is 1. The molecule has 0 bridgehead atoms. The Bertz CT molecular complexity index is 846. The van der Waals surface area contributed by atoms with Gasteiger partial charge in [-0.15, -0.1) is 11.3 Å². The first-order chi connectivity index (χ1) is 11.0. The number of furan rings is 1. The van der Waals surface area contributed by atoms with Crippen molar-refractivity contribution in [2.24, 2.45) is 0 Å². The molecule has 23 heavy (non-hydrogen) atoms. The zero-order valence-corrected chi connectivity index (χ0v) is 14.5. The number of aryl methyl sites for hydroxylation is 3. The van der Waals surface area contributed by atoms with E-state index in [1.54, 1.807) is 12.3 Å². The van der Waals surface area contributed by atoms with Crippen LogP contribution in [0.1, 0.15) is 26.5 Å². The highest BCUT2D eigenvalue weighted by molar-refractivity contribution is 7.15. The largest absolute Gasteiger partial charge is 0.462 e. The van der Waals surface area contributed by atoms with Crippen LogP contribution in [0.3, 0.4) is 0 Å². The molecule has 0 aliphatic rings. The van der Waals surface area contributed by atoms with E-state index in [4.69, 9.17) is 16.0 Å². The second-order valence-corrected chi connectivity index (χ2v) is 6.90. The van der Waals surface area contributed by atoms with E-state index in [0.717, 1.165) is 16.0 Å². The molecule has 0 aliphatic heterocycles. The summed E-state index contributed by atoms with van der Waals surface area (Å²) in [5.74, 6) is 0.382. The molecule has 2 aromatic heterocycles. The van der Waals surface area contributed by atoms with Crippen LogP contribution in [0.2, 0.25) is 5.02 Å². The number of aromatic nitrogens is 1. The number of thiazole rings is 1. The minimum atomic E-state index is -0.273. The summed E-state index contributed by atoms with van der Waals surface area (Å²) < 4.78 is 5.33. The number of carbonyl (C=O) groups excluding carboxylic acids is 1. The van der Waals surface area contributed by atoms with Gasteiger partial charge in [0.25, 0.3) is 5.91 Å². The van der Waals surface area contributed by atoms with Crippen LogP contribution in [0.4, 0.5) is 5.69 Å². The Morgan fingerprint density at radius 2 is 2.09 bits per heavy atom. The molecular weight excluding hydrogens is 332 g/mol. The Morgan fingerprint density at radius 3 is 2.74 bits per heavy atom. The van der Waals surface area contributed by atoms with E-state index < -0.39 is 0 Å². The Balaban J connectivity index is 1.90. The van der Waals surface area contributed by atoms with Crippen molar-refractivity contribution >= 4 is 34.5 Å². The molecule has 0 saturated heterocycles. The van der Waals surface area contributed by atoms with Gasteiger partial charge in [0.2, 0.25) is 0 Å². The van der Waals surface area contributed by atoms with Gasteiger partial charge in [-0.05, 0) is 50.1 Å². The molecule has 0 fully saturated rings. The quantitative estimate of drug-likeness (QED) is 0.706. The second kappa shape index (κ2) is 6.18. The van der Waals surface area contributed by atoms with Gasteiger partial charge in [-0.2, -0.15) is 0 Å². The summed E-state index contributed by atoms with van der Waals surface area (Å²) in [6.07, 6.45) is 1.58. The molecule has 0 saturated carbocycles. The van der Waals surface area contributed by atoms with Crippen molar-refractivity contribution in [1.82, 2.24) is 4.98 Å². The summed E-state index contributed by atoms with van der Waals surface area (Å²) in [5, 5.41) is 4.07. The molecule has 0 atom stereocenters. The maximum absolute atomic E-state index is 12.6. The van der Waals surface area contributed by atoms with Gasteiger partial charge in [-0.1, -0.05) is 17.7 Å². The van der Waals surface area contributed by atoms with Crippen molar-refractivity contribution in [1.29, 1.82) is 0 Å². The fraction of sp³-hybridized carbons (Fsp3) is 0.176. The summed E-state index contributed by atoms with van der Waals surface area (Å²) in [5.41, 5.74) is 2.98. The van der Waals surface area contributed by atoms with Crippen LogP contribution in [-0.2, 0) is 0 Å². The maximum atomic E-state index is 12.6. The number of hydrogen-bond donors (Lipinski definition) is 1. The van der Waals surface area contributed by atoms with Crippen molar-refractivity contribution in [3.05, 3.63) is 57.2 Å². The van der Waals surface area contributed by atoms with E-state index >= 15 is 0 Å². The first-order valence-corrected chi connectivity index (χ1v) is 8.24. The van der Waals surface area contributed by atoms with Crippen LogP contribution in [0, 0.1) is 20.8 Å². The Hall–Kier alpha value is -2.11. The lowest BCUT2D eigenvalue weighted by Crippen LogP contribution is -2.14. The van der Waals surface area contributed by atoms with Crippen LogP contribution < -0.4 is 5.32 Å². The molecule has 1 amide bonds. The molecule has 3 rings (SSSR count). The molecule has 2 heterocycles. The lowest BCUT2D eigenvalue weighted by atomic mass is 10.1. The normalized spacial score (nSPS) is 10.8. The fourth-order valence-corrected chi connectivity index (χ4v) is 3.61. The van der Waals surface area contributed by atoms with Crippen LogP contribution in [0.25, 0.3) is 10.8 Å². The number of carbonyl (C=O) groups is 1. The van der Waals surface area contributed by atoms with Crippen molar-refractivity contribution in [2.75, 3.05) is 5.32 Å². The summed E-state index contributed by atoms with van der Waals surface area (Å²) in [6, 6.07) is 7.41. The number of halogens is 1. The van der Waals surface area contributed by atoms with Crippen molar-refractivity contribution < 1.29 is 9.21 Å². The predicted octanol–water partition coefficient (Wildman–Crippen LogP) is 5.23. The first kappa shape index (κ1) is 15.8. The number of nitrogens with zero attached hydrogens (tertiary/aromatic N) is 1. The minimum Gasteiger partial charge on any atom is -0.462 e. The number of benzene rings is 1. The average Bonchev–Trinajstić information content (AvgIpc) is 3.11. The van der Waals surface area contributed by atoms with E-state index in [-0.39, 0.29) is 5.91 Å². The van der Waals surface area contributed by atoms with Gasteiger partial charge in [0.05, 0.1) is 17.0 Å². The Morgan fingerprint density at radius 1 is 1.30 bits per heavy atom.